The molecular formula is C19H16N2O3. The van der Waals surface area contributed by atoms with Crippen molar-refractivity contribution in [3.05, 3.63) is 83.4 Å². The van der Waals surface area contributed by atoms with Crippen molar-refractivity contribution in [1.82, 2.24) is 5.06 Å². The molecule has 0 saturated carbocycles. The molecule has 3 aromatic carbocycles. The zero-order valence-electron chi connectivity index (χ0n) is 12.8. The number of fused-ring (bicyclic) bond motifs is 1. The predicted molar refractivity (Wildman–Crippen MR) is 90.6 cm³/mol. The fourth-order valence-electron chi connectivity index (χ4n) is 2.51. The summed E-state index contributed by atoms with van der Waals surface area (Å²) in [7, 11) is 0. The molecule has 0 aliphatic carbocycles. The highest BCUT2D eigenvalue weighted by atomic mass is 16.5. The molecule has 24 heavy (non-hydrogen) atoms. The van der Waals surface area contributed by atoms with Gasteiger partial charge in [-0.25, -0.2) is 5.06 Å². The first-order chi connectivity index (χ1) is 11.5. The molecule has 0 spiro atoms. The van der Waals surface area contributed by atoms with E-state index in [4.69, 9.17) is 5.73 Å². The molecular weight excluding hydrogens is 304 g/mol. The standard InChI is InChI=1S/C19H16N2O3/c20-18(22)16-8-6-15-11-17(9-7-14(15)10-16)19(23)21(24)12-13-4-2-1-3-5-13/h1-11,24H,12H2,(H2,20,22). The van der Waals surface area contributed by atoms with Crippen LogP contribution in [0.4, 0.5) is 0 Å². The van der Waals surface area contributed by atoms with E-state index in [2.05, 4.69) is 0 Å². The smallest absolute Gasteiger partial charge is 0.277 e. The number of rotatable bonds is 4. The molecule has 0 aliphatic rings. The molecule has 0 bridgehead atoms. The molecule has 3 N–H and O–H groups in total. The Morgan fingerprint density at radius 3 is 2.08 bits per heavy atom. The van der Waals surface area contributed by atoms with Crippen molar-refractivity contribution in [2.75, 3.05) is 0 Å². The Labute approximate surface area is 138 Å². The van der Waals surface area contributed by atoms with E-state index in [0.717, 1.165) is 16.3 Å². The first-order valence-corrected chi connectivity index (χ1v) is 7.43. The fraction of sp³-hybridized carbons (Fsp3) is 0.0526. The SMILES string of the molecule is NC(=O)c1ccc2cc(C(=O)N(O)Cc3ccccc3)ccc2c1. The predicted octanol–water partition coefficient (Wildman–Crippen LogP) is 2.97. The molecule has 0 aromatic heterocycles. The van der Waals surface area contributed by atoms with Gasteiger partial charge in [-0.1, -0.05) is 42.5 Å². The van der Waals surface area contributed by atoms with E-state index in [-0.39, 0.29) is 6.54 Å². The third-order valence-corrected chi connectivity index (χ3v) is 3.78. The molecule has 5 heteroatoms. The van der Waals surface area contributed by atoms with Gasteiger partial charge in [0.2, 0.25) is 5.91 Å². The van der Waals surface area contributed by atoms with E-state index in [0.29, 0.717) is 16.2 Å². The Bertz CT molecular complexity index is 907. The van der Waals surface area contributed by atoms with Crippen LogP contribution in [0.1, 0.15) is 26.3 Å². The molecule has 0 heterocycles. The van der Waals surface area contributed by atoms with Gasteiger partial charge < -0.3 is 5.73 Å². The second kappa shape index (κ2) is 6.52. The zero-order valence-corrected chi connectivity index (χ0v) is 12.8. The van der Waals surface area contributed by atoms with Crippen LogP contribution in [0, 0.1) is 0 Å². The van der Waals surface area contributed by atoms with Crippen LogP contribution < -0.4 is 5.73 Å². The molecule has 0 saturated heterocycles. The lowest BCUT2D eigenvalue weighted by Gasteiger charge is -2.15. The molecule has 0 atom stereocenters. The van der Waals surface area contributed by atoms with E-state index in [1.165, 1.54) is 0 Å². The van der Waals surface area contributed by atoms with E-state index < -0.39 is 11.8 Å². The van der Waals surface area contributed by atoms with Gasteiger partial charge in [0.15, 0.2) is 0 Å². The van der Waals surface area contributed by atoms with Crippen molar-refractivity contribution in [2.24, 2.45) is 5.73 Å². The minimum absolute atomic E-state index is 0.109. The van der Waals surface area contributed by atoms with Gasteiger partial charge in [-0.3, -0.25) is 14.8 Å². The molecule has 3 rings (SSSR count). The Hall–Kier alpha value is -3.18. The zero-order chi connectivity index (χ0) is 17.1. The van der Waals surface area contributed by atoms with Gasteiger partial charge >= 0.3 is 0 Å². The third kappa shape index (κ3) is 3.26. The molecule has 120 valence electrons. The lowest BCUT2D eigenvalue weighted by atomic mass is 10.0. The molecule has 0 aliphatic heterocycles. The second-order valence-corrected chi connectivity index (χ2v) is 5.49. The van der Waals surface area contributed by atoms with Crippen LogP contribution >= 0.6 is 0 Å². The highest BCUT2D eigenvalue weighted by molar-refractivity contribution is 6.01. The summed E-state index contributed by atoms with van der Waals surface area (Å²) in [6.07, 6.45) is 0. The highest BCUT2D eigenvalue weighted by Crippen LogP contribution is 2.19. The average molecular weight is 320 g/mol. The molecule has 5 nitrogen and oxygen atoms in total. The highest BCUT2D eigenvalue weighted by Gasteiger charge is 2.14. The number of nitrogens with zero attached hydrogens (tertiary/aromatic N) is 1. The summed E-state index contributed by atoms with van der Waals surface area (Å²) in [4.78, 5) is 23.6. The van der Waals surface area contributed by atoms with Crippen LogP contribution in [0.15, 0.2) is 66.7 Å². The Kier molecular flexibility index (Phi) is 4.26. The van der Waals surface area contributed by atoms with Gasteiger partial charge in [0, 0.05) is 11.1 Å². The topological polar surface area (TPSA) is 83.6 Å². The minimum Gasteiger partial charge on any atom is -0.366 e. The lowest BCUT2D eigenvalue weighted by Crippen LogP contribution is -2.26. The summed E-state index contributed by atoms with van der Waals surface area (Å²) in [6, 6.07) is 19.3. The van der Waals surface area contributed by atoms with E-state index in [1.807, 2.05) is 30.3 Å². The molecule has 3 aromatic rings. The summed E-state index contributed by atoms with van der Waals surface area (Å²) < 4.78 is 0. The summed E-state index contributed by atoms with van der Waals surface area (Å²) >= 11 is 0. The average Bonchev–Trinajstić information content (AvgIpc) is 2.61. The molecule has 0 radical (unpaired) electrons. The van der Waals surface area contributed by atoms with E-state index >= 15 is 0 Å². The Morgan fingerprint density at radius 2 is 1.46 bits per heavy atom. The monoisotopic (exact) mass is 320 g/mol. The molecule has 0 unspecified atom stereocenters. The number of carbonyl (C=O) groups excluding carboxylic acids is 2. The van der Waals surface area contributed by atoms with E-state index in [1.54, 1.807) is 36.4 Å². The van der Waals surface area contributed by atoms with Gasteiger partial charge in [-0.15, -0.1) is 0 Å². The van der Waals surface area contributed by atoms with Gasteiger partial charge in [-0.2, -0.15) is 0 Å². The number of amides is 2. The third-order valence-electron chi connectivity index (χ3n) is 3.78. The van der Waals surface area contributed by atoms with Gasteiger partial charge in [0.05, 0.1) is 6.54 Å². The van der Waals surface area contributed by atoms with Gasteiger partial charge in [0.25, 0.3) is 5.91 Å². The maximum absolute atomic E-state index is 12.4. The molecule has 2 amide bonds. The van der Waals surface area contributed by atoms with Crippen molar-refractivity contribution < 1.29 is 14.8 Å². The number of benzene rings is 3. The van der Waals surface area contributed by atoms with Crippen LogP contribution in [0.2, 0.25) is 0 Å². The number of hydroxylamine groups is 2. The second-order valence-electron chi connectivity index (χ2n) is 5.49. The fourth-order valence-corrected chi connectivity index (χ4v) is 2.51. The van der Waals surface area contributed by atoms with Crippen molar-refractivity contribution in [1.29, 1.82) is 0 Å². The summed E-state index contributed by atoms with van der Waals surface area (Å²) in [5.41, 5.74) is 6.88. The minimum atomic E-state index is -0.499. The van der Waals surface area contributed by atoms with Gasteiger partial charge in [-0.05, 0) is 40.6 Å². The molecule has 0 fully saturated rings. The lowest BCUT2D eigenvalue weighted by molar-refractivity contribution is -0.0648. The van der Waals surface area contributed by atoms with Crippen molar-refractivity contribution in [3.8, 4) is 0 Å². The number of carbonyl (C=O) groups is 2. The number of hydrogen-bond donors (Lipinski definition) is 2. The van der Waals surface area contributed by atoms with Crippen LogP contribution in [-0.4, -0.2) is 22.1 Å². The first kappa shape index (κ1) is 15.7. The number of hydrogen-bond acceptors (Lipinski definition) is 3. The first-order valence-electron chi connectivity index (χ1n) is 7.43. The summed E-state index contributed by atoms with van der Waals surface area (Å²) in [5, 5.41) is 12.3. The van der Waals surface area contributed by atoms with Crippen molar-refractivity contribution in [3.63, 3.8) is 0 Å². The Balaban J connectivity index is 1.84. The van der Waals surface area contributed by atoms with Crippen LogP contribution in [0.25, 0.3) is 10.8 Å². The summed E-state index contributed by atoms with van der Waals surface area (Å²) in [5.74, 6) is -0.985. The summed E-state index contributed by atoms with van der Waals surface area (Å²) in [6.45, 7) is 0.109. The number of primary amides is 1. The van der Waals surface area contributed by atoms with Crippen LogP contribution in [-0.2, 0) is 6.54 Å². The van der Waals surface area contributed by atoms with Crippen LogP contribution in [0.3, 0.4) is 0 Å². The van der Waals surface area contributed by atoms with Crippen molar-refractivity contribution in [2.45, 2.75) is 6.54 Å². The van der Waals surface area contributed by atoms with Gasteiger partial charge in [0.1, 0.15) is 0 Å². The normalized spacial score (nSPS) is 10.5. The number of nitrogens with two attached hydrogens (primary N) is 1. The van der Waals surface area contributed by atoms with Crippen LogP contribution in [0.5, 0.6) is 0 Å². The quantitative estimate of drug-likeness (QED) is 0.572. The maximum atomic E-state index is 12.4. The largest absolute Gasteiger partial charge is 0.366 e. The maximum Gasteiger partial charge on any atom is 0.277 e. The Morgan fingerprint density at radius 1 is 0.875 bits per heavy atom. The van der Waals surface area contributed by atoms with Crippen molar-refractivity contribution >= 4 is 22.6 Å². The van der Waals surface area contributed by atoms with E-state index in [9.17, 15) is 14.8 Å².